The van der Waals surface area contributed by atoms with Gasteiger partial charge < -0.3 is 4.90 Å². The van der Waals surface area contributed by atoms with Gasteiger partial charge in [-0.15, -0.1) is 0 Å². The molecule has 1 amide bonds. The number of benzene rings is 1. The summed E-state index contributed by atoms with van der Waals surface area (Å²) in [5.41, 5.74) is 2.14. The van der Waals surface area contributed by atoms with Crippen LogP contribution in [0.3, 0.4) is 0 Å². The van der Waals surface area contributed by atoms with Crippen LogP contribution < -0.4 is 0 Å². The lowest BCUT2D eigenvalue weighted by atomic mass is 9.94. The summed E-state index contributed by atoms with van der Waals surface area (Å²) < 4.78 is 0. The molecule has 3 fully saturated rings. The predicted molar refractivity (Wildman–Crippen MR) is 103 cm³/mol. The Bertz CT molecular complexity index is 750. The lowest BCUT2D eigenvalue weighted by Gasteiger charge is -2.36. The Balaban J connectivity index is 1.42. The maximum atomic E-state index is 12.9. The molecule has 136 valence electrons. The molecule has 0 unspecified atom stereocenters. The number of hydrogen-bond donors (Lipinski definition) is 0. The summed E-state index contributed by atoms with van der Waals surface area (Å²) >= 11 is 5.95. The first-order valence-corrected chi connectivity index (χ1v) is 9.71. The Morgan fingerprint density at radius 1 is 1.08 bits per heavy atom. The largest absolute Gasteiger partial charge is 0.338 e. The van der Waals surface area contributed by atoms with Gasteiger partial charge in [0.25, 0.3) is 0 Å². The fourth-order valence-corrected chi connectivity index (χ4v) is 4.34. The van der Waals surface area contributed by atoms with Gasteiger partial charge in [0, 0.05) is 43.4 Å². The number of halogens is 1. The third-order valence-corrected chi connectivity index (χ3v) is 5.74. The highest BCUT2D eigenvalue weighted by atomic mass is 35.5. The van der Waals surface area contributed by atoms with Crippen molar-refractivity contribution in [2.75, 3.05) is 19.6 Å². The van der Waals surface area contributed by atoms with Crippen molar-refractivity contribution < 1.29 is 4.79 Å². The highest BCUT2D eigenvalue weighted by molar-refractivity contribution is 6.30. The molecule has 3 saturated heterocycles. The van der Waals surface area contributed by atoms with Crippen molar-refractivity contribution in [1.29, 1.82) is 0 Å². The molecule has 4 heterocycles. The van der Waals surface area contributed by atoms with Crippen molar-refractivity contribution in [2.24, 2.45) is 5.92 Å². The number of carbonyl (C=O) groups is 1. The maximum absolute atomic E-state index is 12.9. The van der Waals surface area contributed by atoms with E-state index >= 15 is 0 Å². The molecule has 0 aliphatic carbocycles. The number of carbonyl (C=O) groups excluding carboxylic acids is 1. The number of pyridine rings is 1. The second-order valence-corrected chi connectivity index (χ2v) is 7.90. The molecule has 2 aromatic rings. The number of rotatable bonds is 4. The lowest BCUT2D eigenvalue weighted by molar-refractivity contribution is -0.134. The second kappa shape index (κ2) is 7.77. The third-order valence-electron chi connectivity index (χ3n) is 5.49. The van der Waals surface area contributed by atoms with Gasteiger partial charge in [0.05, 0.1) is 12.1 Å². The molecule has 0 N–H and O–H groups in total. The molecule has 5 rings (SSSR count). The molecule has 2 atom stereocenters. The number of aromatic nitrogens is 1. The van der Waals surface area contributed by atoms with Crippen molar-refractivity contribution in [3.63, 3.8) is 0 Å². The highest BCUT2D eigenvalue weighted by Gasteiger charge is 2.36. The zero-order valence-electron chi connectivity index (χ0n) is 14.9. The summed E-state index contributed by atoms with van der Waals surface area (Å²) in [5.74, 6) is 0.799. The van der Waals surface area contributed by atoms with E-state index in [0.717, 1.165) is 43.9 Å². The van der Waals surface area contributed by atoms with E-state index in [0.29, 0.717) is 23.4 Å². The second-order valence-electron chi connectivity index (χ2n) is 7.46. The minimum absolute atomic E-state index is 0.238. The van der Waals surface area contributed by atoms with E-state index in [9.17, 15) is 4.79 Å². The zero-order chi connectivity index (χ0) is 17.9. The SMILES string of the molecule is O=C(Cc1ccc(Cl)cc1)N1C[C@H]2CC[C@@H]1CN(Cc1ccccn1)C2. The van der Waals surface area contributed by atoms with Gasteiger partial charge in [-0.25, -0.2) is 0 Å². The van der Waals surface area contributed by atoms with Crippen molar-refractivity contribution in [1.82, 2.24) is 14.8 Å². The van der Waals surface area contributed by atoms with Crippen LogP contribution in [0.25, 0.3) is 0 Å². The third kappa shape index (κ3) is 4.08. The average molecular weight is 370 g/mol. The molecule has 26 heavy (non-hydrogen) atoms. The monoisotopic (exact) mass is 369 g/mol. The van der Waals surface area contributed by atoms with Gasteiger partial charge in [-0.3, -0.25) is 14.7 Å². The fraction of sp³-hybridized carbons (Fsp3) is 0.429. The summed E-state index contributed by atoms with van der Waals surface area (Å²) in [7, 11) is 0. The van der Waals surface area contributed by atoms with Crippen LogP contribution >= 0.6 is 11.6 Å². The Morgan fingerprint density at radius 2 is 1.92 bits per heavy atom. The van der Waals surface area contributed by atoms with Crippen molar-refractivity contribution in [3.05, 3.63) is 64.9 Å². The number of nitrogens with zero attached hydrogens (tertiary/aromatic N) is 3. The molecular weight excluding hydrogens is 346 g/mol. The summed E-state index contributed by atoms with van der Waals surface area (Å²) in [5, 5.41) is 0.709. The van der Waals surface area contributed by atoms with Crippen LogP contribution in [0.1, 0.15) is 24.1 Å². The molecule has 4 nitrogen and oxygen atoms in total. The van der Waals surface area contributed by atoms with Crippen LogP contribution in [0.15, 0.2) is 48.7 Å². The summed E-state index contributed by atoms with van der Waals surface area (Å²) in [6.45, 7) is 3.75. The average Bonchev–Trinajstić information content (AvgIpc) is 2.95. The summed E-state index contributed by atoms with van der Waals surface area (Å²) in [6, 6.07) is 14.0. The van der Waals surface area contributed by atoms with E-state index in [2.05, 4.69) is 20.9 Å². The Morgan fingerprint density at radius 3 is 2.69 bits per heavy atom. The number of fused-ring (bicyclic) bond motifs is 4. The van der Waals surface area contributed by atoms with E-state index in [1.807, 2.05) is 42.6 Å². The van der Waals surface area contributed by atoms with Crippen molar-refractivity contribution >= 4 is 17.5 Å². The van der Waals surface area contributed by atoms with Crippen LogP contribution in [-0.4, -0.2) is 46.4 Å². The molecule has 1 aromatic carbocycles. The van der Waals surface area contributed by atoms with Gasteiger partial charge in [-0.2, -0.15) is 0 Å². The van der Waals surface area contributed by atoms with E-state index in [-0.39, 0.29) is 5.91 Å². The number of amides is 1. The number of hydrogen-bond acceptors (Lipinski definition) is 3. The first-order chi connectivity index (χ1) is 12.7. The van der Waals surface area contributed by atoms with Gasteiger partial charge >= 0.3 is 0 Å². The Labute approximate surface area is 159 Å². The quantitative estimate of drug-likeness (QED) is 0.828. The van der Waals surface area contributed by atoms with Crippen LogP contribution in [0.2, 0.25) is 5.02 Å². The van der Waals surface area contributed by atoms with Gasteiger partial charge in [-0.1, -0.05) is 29.8 Å². The van der Waals surface area contributed by atoms with Gasteiger partial charge in [-0.05, 0) is 48.6 Å². The van der Waals surface area contributed by atoms with Crippen LogP contribution in [0, 0.1) is 5.92 Å². The first-order valence-electron chi connectivity index (χ1n) is 9.33. The lowest BCUT2D eigenvalue weighted by Crippen LogP contribution is -2.48. The van der Waals surface area contributed by atoms with E-state index in [1.165, 1.54) is 6.42 Å². The van der Waals surface area contributed by atoms with Crippen molar-refractivity contribution in [2.45, 2.75) is 31.8 Å². The molecular formula is C21H24ClN3O. The van der Waals surface area contributed by atoms with E-state index in [4.69, 9.17) is 11.6 Å². The fourth-order valence-electron chi connectivity index (χ4n) is 4.21. The molecule has 1 aromatic heterocycles. The van der Waals surface area contributed by atoms with Gasteiger partial charge in [0.2, 0.25) is 5.91 Å². The Hall–Kier alpha value is -1.91. The standard InChI is InChI=1S/C21H24ClN3O/c22-18-7-4-16(5-8-18)11-21(26)25-13-17-6-9-20(25)15-24(12-17)14-19-3-1-2-10-23-19/h1-5,7-8,10,17,20H,6,9,11-15H2/t17-,20+/m0/s1. The first kappa shape index (κ1) is 17.5. The minimum atomic E-state index is 0.238. The summed E-state index contributed by atoms with van der Waals surface area (Å²) in [6.07, 6.45) is 4.63. The zero-order valence-corrected chi connectivity index (χ0v) is 15.6. The molecule has 3 aliphatic rings. The minimum Gasteiger partial charge on any atom is -0.338 e. The van der Waals surface area contributed by atoms with E-state index < -0.39 is 0 Å². The van der Waals surface area contributed by atoms with Gasteiger partial charge in [0.1, 0.15) is 0 Å². The molecule has 0 radical (unpaired) electrons. The van der Waals surface area contributed by atoms with E-state index in [1.54, 1.807) is 0 Å². The Kier molecular flexibility index (Phi) is 5.23. The maximum Gasteiger partial charge on any atom is 0.227 e. The number of piperidine rings is 1. The smallest absolute Gasteiger partial charge is 0.227 e. The van der Waals surface area contributed by atoms with Gasteiger partial charge in [0.15, 0.2) is 0 Å². The molecule has 0 spiro atoms. The summed E-state index contributed by atoms with van der Waals surface area (Å²) in [4.78, 5) is 22.0. The molecule has 5 heteroatoms. The normalized spacial score (nSPS) is 23.0. The predicted octanol–water partition coefficient (Wildman–Crippen LogP) is 3.40. The topological polar surface area (TPSA) is 36.4 Å². The molecule has 3 aliphatic heterocycles. The molecule has 2 bridgehead atoms. The highest BCUT2D eigenvalue weighted by Crippen LogP contribution is 2.29. The van der Waals surface area contributed by atoms with Crippen LogP contribution in [0.5, 0.6) is 0 Å². The van der Waals surface area contributed by atoms with Crippen molar-refractivity contribution in [3.8, 4) is 0 Å². The van der Waals surface area contributed by atoms with Crippen LogP contribution in [0.4, 0.5) is 0 Å². The molecule has 0 saturated carbocycles. The van der Waals surface area contributed by atoms with Crippen LogP contribution in [-0.2, 0) is 17.8 Å².